The number of ether oxygens (including phenoxy) is 3. The highest BCUT2D eigenvalue weighted by molar-refractivity contribution is 5.71. The first-order chi connectivity index (χ1) is 38.5. The summed E-state index contributed by atoms with van der Waals surface area (Å²) in [4.78, 5) is 38.3. The van der Waals surface area contributed by atoms with E-state index in [9.17, 15) is 14.4 Å². The van der Waals surface area contributed by atoms with Crippen molar-refractivity contribution in [2.75, 3.05) is 13.2 Å². The predicted molar refractivity (Wildman–Crippen MR) is 339 cm³/mol. The highest BCUT2D eigenvalue weighted by Gasteiger charge is 2.19. The van der Waals surface area contributed by atoms with E-state index in [0.29, 0.717) is 19.3 Å². The summed E-state index contributed by atoms with van der Waals surface area (Å²) in [5, 5.41) is 0. The summed E-state index contributed by atoms with van der Waals surface area (Å²) in [7, 11) is 0. The first-order valence-corrected chi connectivity index (χ1v) is 32.2. The van der Waals surface area contributed by atoms with Crippen LogP contribution in [0.3, 0.4) is 0 Å². The Bertz CT molecular complexity index is 1670. The van der Waals surface area contributed by atoms with Gasteiger partial charge in [-0.2, -0.15) is 0 Å². The third kappa shape index (κ3) is 62.4. The normalized spacial score (nSPS) is 13.0. The van der Waals surface area contributed by atoms with Gasteiger partial charge in [-0.3, -0.25) is 14.4 Å². The second-order valence-electron chi connectivity index (χ2n) is 20.9. The minimum absolute atomic E-state index is 0.107. The summed E-state index contributed by atoms with van der Waals surface area (Å²) in [6, 6.07) is 0. The molecule has 0 heterocycles. The van der Waals surface area contributed by atoms with Crippen molar-refractivity contribution in [1.82, 2.24) is 0 Å². The van der Waals surface area contributed by atoms with E-state index >= 15 is 0 Å². The van der Waals surface area contributed by atoms with Gasteiger partial charge in [0.15, 0.2) is 6.10 Å². The highest BCUT2D eigenvalue weighted by Crippen LogP contribution is 2.16. The largest absolute Gasteiger partial charge is 0.462 e. The lowest BCUT2D eigenvalue weighted by molar-refractivity contribution is -0.167. The molecule has 0 spiro atoms. The lowest BCUT2D eigenvalue weighted by atomic mass is 10.0. The number of carbonyl (C=O) groups excluding carboxylic acids is 3. The topological polar surface area (TPSA) is 78.9 Å². The summed E-state index contributed by atoms with van der Waals surface area (Å²) < 4.78 is 16.9. The SMILES string of the molecule is CC/C=C\C/C=C\C/C=C\C/C=C\C/C=C\CCCC(=O)OC(COC(=O)CCCCCCC/C=C\C/C=C\CCCC)COC(=O)CCCCCCCCCCCCCCCCCC/C=C\C/C=C\C/C=C\C/C=C\CC. The third-order valence-electron chi connectivity index (χ3n) is 13.4. The maximum Gasteiger partial charge on any atom is 0.306 e. The van der Waals surface area contributed by atoms with Crippen molar-refractivity contribution in [3.63, 3.8) is 0 Å². The molecule has 0 fully saturated rings. The average Bonchev–Trinajstić information content (AvgIpc) is 3.44. The zero-order valence-electron chi connectivity index (χ0n) is 50.6. The zero-order chi connectivity index (χ0) is 56.4. The van der Waals surface area contributed by atoms with Crippen molar-refractivity contribution < 1.29 is 28.6 Å². The molecule has 0 saturated carbocycles. The molecule has 0 aliphatic carbocycles. The van der Waals surface area contributed by atoms with E-state index in [1.54, 1.807) is 0 Å². The van der Waals surface area contributed by atoms with Gasteiger partial charge in [-0.1, -0.05) is 276 Å². The van der Waals surface area contributed by atoms with Crippen LogP contribution in [0.2, 0.25) is 0 Å². The summed E-state index contributed by atoms with van der Waals surface area (Å²) in [5.41, 5.74) is 0. The minimum Gasteiger partial charge on any atom is -0.462 e. The molecular formula is C72H118O6. The van der Waals surface area contributed by atoms with Gasteiger partial charge in [0.1, 0.15) is 13.2 Å². The predicted octanol–water partition coefficient (Wildman–Crippen LogP) is 22.2. The lowest BCUT2D eigenvalue weighted by Gasteiger charge is -2.18. The molecule has 0 aromatic rings. The number of hydrogen-bond donors (Lipinski definition) is 0. The van der Waals surface area contributed by atoms with Crippen LogP contribution in [0, 0.1) is 0 Å². The fraction of sp³-hybridized carbons (Fsp3) is 0.653. The summed E-state index contributed by atoms with van der Waals surface area (Å²) in [6.45, 7) is 6.32. The maximum atomic E-state index is 12.9. The average molecular weight is 1080 g/mol. The molecule has 0 bridgehead atoms. The monoisotopic (exact) mass is 1080 g/mol. The van der Waals surface area contributed by atoms with Crippen LogP contribution in [0.1, 0.15) is 284 Å². The lowest BCUT2D eigenvalue weighted by Crippen LogP contribution is -2.30. The van der Waals surface area contributed by atoms with E-state index in [-0.39, 0.29) is 37.5 Å². The number of allylic oxidation sites excluding steroid dienone is 22. The van der Waals surface area contributed by atoms with Gasteiger partial charge in [0, 0.05) is 19.3 Å². The first kappa shape index (κ1) is 73.5. The van der Waals surface area contributed by atoms with Crippen molar-refractivity contribution >= 4 is 17.9 Å². The van der Waals surface area contributed by atoms with Crippen LogP contribution in [0.4, 0.5) is 0 Å². The molecule has 6 nitrogen and oxygen atoms in total. The number of carbonyl (C=O) groups is 3. The molecule has 0 amide bonds. The molecule has 6 heteroatoms. The van der Waals surface area contributed by atoms with Crippen molar-refractivity contribution in [3.8, 4) is 0 Å². The quantitative estimate of drug-likeness (QED) is 0.0261. The van der Waals surface area contributed by atoms with Crippen molar-refractivity contribution in [2.45, 2.75) is 290 Å². The Morgan fingerprint density at radius 2 is 0.513 bits per heavy atom. The highest BCUT2D eigenvalue weighted by atomic mass is 16.6. The van der Waals surface area contributed by atoms with Crippen LogP contribution in [0.15, 0.2) is 134 Å². The number of rotatable bonds is 57. The van der Waals surface area contributed by atoms with Gasteiger partial charge in [0.2, 0.25) is 0 Å². The van der Waals surface area contributed by atoms with E-state index in [1.807, 2.05) is 0 Å². The minimum atomic E-state index is -0.818. The van der Waals surface area contributed by atoms with Gasteiger partial charge in [-0.05, 0) is 122 Å². The standard InChI is InChI=1S/C72H118O6/c1-4-7-10-13-16-19-22-25-28-30-31-32-33-34-35-36-37-38-39-40-41-43-44-47-50-53-56-59-62-65-71(74)77-68-69(67-76-70(73)64-61-58-55-52-49-46-27-24-21-18-15-12-9-6-3)78-72(75)66-63-60-57-54-51-48-45-42-29-26-23-20-17-14-11-8-5-2/h7-8,10-11,15-20,24-29,31-32,45,48,54,57,69H,4-6,9,12-14,21-23,30,33-44,46-47,49-53,55-56,58-68H2,1-3H3/b10-7-,11-8-,18-15-,19-16-,20-17-,27-24-,28-25-,29-26-,32-31-,48-45-,57-54-. The maximum absolute atomic E-state index is 12.9. The van der Waals surface area contributed by atoms with Crippen LogP contribution in [-0.2, 0) is 28.6 Å². The van der Waals surface area contributed by atoms with Crippen LogP contribution in [0.5, 0.6) is 0 Å². The summed E-state index contributed by atoms with van der Waals surface area (Å²) in [6.07, 6.45) is 91.9. The second-order valence-corrected chi connectivity index (χ2v) is 20.9. The van der Waals surface area contributed by atoms with Crippen molar-refractivity contribution in [1.29, 1.82) is 0 Å². The van der Waals surface area contributed by atoms with Crippen LogP contribution >= 0.6 is 0 Å². The molecule has 0 rings (SSSR count). The third-order valence-corrected chi connectivity index (χ3v) is 13.4. The van der Waals surface area contributed by atoms with E-state index in [1.165, 1.54) is 109 Å². The smallest absolute Gasteiger partial charge is 0.306 e. The Morgan fingerprint density at radius 3 is 0.821 bits per heavy atom. The molecular weight excluding hydrogens is 961 g/mol. The molecule has 0 aliphatic heterocycles. The molecule has 0 saturated heterocycles. The van der Waals surface area contributed by atoms with E-state index in [0.717, 1.165) is 128 Å². The van der Waals surface area contributed by atoms with Gasteiger partial charge in [0.05, 0.1) is 0 Å². The van der Waals surface area contributed by atoms with Gasteiger partial charge in [0.25, 0.3) is 0 Å². The van der Waals surface area contributed by atoms with E-state index in [2.05, 4.69) is 154 Å². The van der Waals surface area contributed by atoms with Crippen LogP contribution in [-0.4, -0.2) is 37.2 Å². The summed E-state index contributed by atoms with van der Waals surface area (Å²) in [5.74, 6) is -0.978. The molecule has 0 aromatic heterocycles. The fourth-order valence-corrected chi connectivity index (χ4v) is 8.60. The Balaban J connectivity index is 4.33. The number of hydrogen-bond acceptors (Lipinski definition) is 6. The first-order valence-electron chi connectivity index (χ1n) is 32.2. The molecule has 1 atom stereocenters. The number of esters is 3. The van der Waals surface area contributed by atoms with Gasteiger partial charge in [-0.25, -0.2) is 0 Å². The van der Waals surface area contributed by atoms with E-state index in [4.69, 9.17) is 14.2 Å². The fourth-order valence-electron chi connectivity index (χ4n) is 8.60. The Morgan fingerprint density at radius 1 is 0.269 bits per heavy atom. The molecule has 0 N–H and O–H groups in total. The molecule has 0 aliphatic rings. The Kier molecular flexibility index (Phi) is 61.4. The zero-order valence-corrected chi connectivity index (χ0v) is 50.6. The molecule has 442 valence electrons. The molecule has 0 aromatic carbocycles. The van der Waals surface area contributed by atoms with Crippen molar-refractivity contribution in [2.24, 2.45) is 0 Å². The Labute approximate surface area is 481 Å². The summed E-state index contributed by atoms with van der Waals surface area (Å²) >= 11 is 0. The molecule has 1 unspecified atom stereocenters. The van der Waals surface area contributed by atoms with Crippen LogP contribution in [0.25, 0.3) is 0 Å². The van der Waals surface area contributed by atoms with Crippen molar-refractivity contribution in [3.05, 3.63) is 134 Å². The molecule has 78 heavy (non-hydrogen) atoms. The number of unbranched alkanes of at least 4 members (excludes halogenated alkanes) is 24. The van der Waals surface area contributed by atoms with E-state index < -0.39 is 6.10 Å². The Hall–Kier alpha value is -4.45. The van der Waals surface area contributed by atoms with Crippen LogP contribution < -0.4 is 0 Å². The van der Waals surface area contributed by atoms with Gasteiger partial charge in [-0.15, -0.1) is 0 Å². The second kappa shape index (κ2) is 65.1. The molecule has 0 radical (unpaired) electrons. The van der Waals surface area contributed by atoms with Gasteiger partial charge >= 0.3 is 17.9 Å². The van der Waals surface area contributed by atoms with Gasteiger partial charge < -0.3 is 14.2 Å².